The first kappa shape index (κ1) is 15.4. The fourth-order valence-corrected chi connectivity index (χ4v) is 2.43. The van der Waals surface area contributed by atoms with Gasteiger partial charge in [-0.3, -0.25) is 14.8 Å². The Morgan fingerprint density at radius 3 is 2.54 bits per heavy atom. The molecule has 1 aromatic carbocycles. The van der Waals surface area contributed by atoms with Gasteiger partial charge in [-0.05, 0) is 17.7 Å². The molecule has 4 rings (SSSR count). The molecule has 0 radical (unpaired) electrons. The smallest absolute Gasteiger partial charge is 0.327 e. The normalized spacial score (nSPS) is 13.1. The van der Waals surface area contributed by atoms with E-state index >= 15 is 0 Å². The number of aromatic amines is 2. The Balaban J connectivity index is 0.00000169. The van der Waals surface area contributed by atoms with Crippen LogP contribution in [-0.4, -0.2) is 26.3 Å². The third-order valence-corrected chi connectivity index (χ3v) is 3.55. The van der Waals surface area contributed by atoms with Crippen molar-refractivity contribution in [3.05, 3.63) is 56.9 Å². The summed E-state index contributed by atoms with van der Waals surface area (Å²) < 4.78 is 1.08. The van der Waals surface area contributed by atoms with Crippen LogP contribution in [0.3, 0.4) is 0 Å². The molecule has 0 fully saturated rings. The van der Waals surface area contributed by atoms with Crippen molar-refractivity contribution >= 4 is 16.6 Å². The van der Waals surface area contributed by atoms with Crippen LogP contribution in [0.4, 0.5) is 0 Å². The largest absolute Gasteiger partial charge is 0.858 e. The molecule has 0 spiro atoms. The average Bonchev–Trinajstić information content (AvgIpc) is 3.16. The molecule has 0 saturated heterocycles. The molecule has 0 bridgehead atoms. The van der Waals surface area contributed by atoms with Crippen LogP contribution in [0.5, 0.6) is 5.88 Å². The Morgan fingerprint density at radius 2 is 1.88 bits per heavy atom. The zero-order valence-corrected chi connectivity index (χ0v) is 12.6. The summed E-state index contributed by atoms with van der Waals surface area (Å²) in [6, 6.07) is 7.04. The van der Waals surface area contributed by atoms with Gasteiger partial charge in [0.15, 0.2) is 5.65 Å². The molecule has 1 aliphatic heterocycles. The van der Waals surface area contributed by atoms with E-state index in [2.05, 4.69) is 20.3 Å². The van der Waals surface area contributed by atoms with Gasteiger partial charge in [-0.2, -0.15) is 10.2 Å². The minimum absolute atomic E-state index is 0. The second-order valence-electron chi connectivity index (χ2n) is 4.97. The number of H-pyrrole nitrogens is 2. The molecule has 0 unspecified atom stereocenters. The van der Waals surface area contributed by atoms with Crippen LogP contribution < -0.4 is 22.5 Å². The highest BCUT2D eigenvalue weighted by Crippen LogP contribution is 2.23. The summed E-state index contributed by atoms with van der Waals surface area (Å²) in [6.45, 7) is 0.522. The second kappa shape index (κ2) is 5.59. The van der Waals surface area contributed by atoms with Crippen LogP contribution in [0.2, 0.25) is 0 Å². The van der Waals surface area contributed by atoms with Crippen molar-refractivity contribution in [1.82, 2.24) is 25.9 Å². The van der Waals surface area contributed by atoms with Crippen LogP contribution in [0, 0.1) is 0 Å². The highest BCUT2D eigenvalue weighted by atomic mass is 16.3. The fourth-order valence-electron chi connectivity index (χ4n) is 2.43. The highest BCUT2D eigenvalue weighted by Gasteiger charge is 2.11. The third-order valence-electron chi connectivity index (χ3n) is 3.55. The molecule has 10 nitrogen and oxygen atoms in total. The molecule has 0 atom stereocenters. The molecular weight excluding hydrogens is 314 g/mol. The molecule has 24 heavy (non-hydrogen) atoms. The predicted molar refractivity (Wildman–Crippen MR) is 85.4 cm³/mol. The van der Waals surface area contributed by atoms with E-state index in [4.69, 9.17) is 0 Å². The maximum Gasteiger partial charge on any atom is 0.327 e. The van der Waals surface area contributed by atoms with Crippen molar-refractivity contribution < 1.29 is 5.11 Å². The number of azo groups is 1. The van der Waals surface area contributed by atoms with Gasteiger partial charge in [-0.15, -0.1) is 5.10 Å². The number of rotatable bonds is 2. The van der Waals surface area contributed by atoms with E-state index < -0.39 is 17.1 Å². The second-order valence-corrected chi connectivity index (χ2v) is 4.97. The first-order valence-electron chi connectivity index (χ1n) is 6.72. The molecule has 2 aromatic heterocycles. The fraction of sp³-hybridized carbons (Fsp3) is 0.0714. The van der Waals surface area contributed by atoms with Crippen LogP contribution >= 0.6 is 0 Å². The van der Waals surface area contributed by atoms with E-state index in [1.165, 1.54) is 0 Å². The van der Waals surface area contributed by atoms with Crippen LogP contribution in [0.25, 0.3) is 22.3 Å². The van der Waals surface area contributed by atoms with Gasteiger partial charge in [-0.1, -0.05) is 12.1 Å². The Kier molecular flexibility index (Phi) is 3.58. The summed E-state index contributed by atoms with van der Waals surface area (Å²) in [4.78, 5) is 27.4. The van der Waals surface area contributed by atoms with E-state index in [-0.39, 0.29) is 17.2 Å². The predicted octanol–water partition coefficient (Wildman–Crippen LogP) is 0.659. The van der Waals surface area contributed by atoms with Gasteiger partial charge in [0.25, 0.3) is 5.56 Å². The van der Waals surface area contributed by atoms with Crippen molar-refractivity contribution in [2.75, 3.05) is 6.54 Å². The number of nitrogens with one attached hydrogen (secondary N) is 2. The lowest BCUT2D eigenvalue weighted by molar-refractivity contribution is -0.275. The first-order valence-corrected chi connectivity index (χ1v) is 6.72. The molecule has 3 aromatic rings. The number of fused-ring (bicyclic) bond motifs is 1. The van der Waals surface area contributed by atoms with Crippen molar-refractivity contribution in [2.45, 2.75) is 0 Å². The van der Waals surface area contributed by atoms with E-state index in [1.807, 2.05) is 17.1 Å². The van der Waals surface area contributed by atoms with E-state index in [0.29, 0.717) is 12.2 Å². The van der Waals surface area contributed by atoms with E-state index in [9.17, 15) is 14.7 Å². The lowest BCUT2D eigenvalue weighted by Crippen LogP contribution is -2.21. The molecule has 1 aliphatic rings. The lowest BCUT2D eigenvalue weighted by atomic mass is 10.1. The van der Waals surface area contributed by atoms with E-state index in [0.717, 1.165) is 15.8 Å². The summed E-state index contributed by atoms with van der Waals surface area (Å²) in [5.74, 6) is -0.588. The lowest BCUT2D eigenvalue weighted by Gasteiger charge is -2.11. The van der Waals surface area contributed by atoms with Gasteiger partial charge >= 0.3 is 5.69 Å². The SMILES string of the molecule is O=c1[nH]c(=O)c2c([O-])n(-c3ccc(C4=CN=NC4)cc3)nc2[nH]1.[NH4+]. The maximum atomic E-state index is 12.3. The van der Waals surface area contributed by atoms with Gasteiger partial charge in [0.05, 0.1) is 23.8 Å². The number of aromatic nitrogens is 4. The molecule has 10 heteroatoms. The van der Waals surface area contributed by atoms with Crippen molar-refractivity contribution in [3.8, 4) is 11.6 Å². The molecule has 0 saturated carbocycles. The maximum absolute atomic E-state index is 12.3. The number of hydrogen-bond acceptors (Lipinski definition) is 6. The quantitative estimate of drug-likeness (QED) is 0.628. The Hall–Kier alpha value is -3.53. The van der Waals surface area contributed by atoms with Gasteiger partial charge < -0.3 is 11.3 Å². The first-order chi connectivity index (χ1) is 11.1. The monoisotopic (exact) mass is 327 g/mol. The standard InChI is InChI=1S/C14H10N6O3.H3N/c21-12-10-11(17-14(23)18-12)19-20(13(10)22)9-3-1-7(2-4-9)8-5-15-16-6-8;/h1-5,22H,6H2,(H2,17,18,19,21,23);1H3. The molecule has 0 aliphatic carbocycles. The van der Waals surface area contributed by atoms with Crippen LogP contribution in [0.1, 0.15) is 5.56 Å². The molecule has 6 N–H and O–H groups in total. The topological polar surface area (TPSA) is 168 Å². The van der Waals surface area contributed by atoms with Crippen LogP contribution in [0.15, 0.2) is 50.3 Å². The van der Waals surface area contributed by atoms with Crippen molar-refractivity contribution in [2.24, 2.45) is 10.2 Å². The van der Waals surface area contributed by atoms with Gasteiger partial charge in [0, 0.05) is 11.5 Å². The average molecular weight is 327 g/mol. The Labute approximate surface area is 133 Å². The summed E-state index contributed by atoms with van der Waals surface area (Å²) in [5, 5.41) is 23.8. The number of nitrogens with zero attached hydrogens (tertiary/aromatic N) is 4. The summed E-state index contributed by atoms with van der Waals surface area (Å²) >= 11 is 0. The van der Waals surface area contributed by atoms with Crippen molar-refractivity contribution in [3.63, 3.8) is 0 Å². The molecule has 0 amide bonds. The van der Waals surface area contributed by atoms with Gasteiger partial charge in [0.1, 0.15) is 0 Å². The number of benzene rings is 1. The third kappa shape index (κ3) is 2.30. The Bertz CT molecular complexity index is 1090. The Morgan fingerprint density at radius 1 is 1.12 bits per heavy atom. The van der Waals surface area contributed by atoms with Crippen LogP contribution in [-0.2, 0) is 0 Å². The van der Waals surface area contributed by atoms with Crippen molar-refractivity contribution in [1.29, 1.82) is 0 Å². The van der Waals surface area contributed by atoms with E-state index in [1.54, 1.807) is 18.3 Å². The zero-order chi connectivity index (χ0) is 16.0. The minimum atomic E-state index is -0.754. The van der Waals surface area contributed by atoms with Gasteiger partial charge in [-0.25, -0.2) is 9.48 Å². The number of hydrogen-bond donors (Lipinski definition) is 3. The van der Waals surface area contributed by atoms with Gasteiger partial charge in [0.2, 0.25) is 0 Å². The molecule has 3 heterocycles. The molecule has 122 valence electrons. The summed E-state index contributed by atoms with van der Waals surface area (Å²) in [5.41, 5.74) is 0.908. The summed E-state index contributed by atoms with van der Waals surface area (Å²) in [7, 11) is 0. The minimum Gasteiger partial charge on any atom is -0.858 e. The molecular formula is C14H13N7O3. The highest BCUT2D eigenvalue weighted by molar-refractivity contribution is 5.79. The zero-order valence-electron chi connectivity index (χ0n) is 12.6. The summed E-state index contributed by atoms with van der Waals surface area (Å²) in [6.07, 6.45) is 1.68. The number of quaternary nitrogens is 1.